The molecule has 1 aliphatic rings. The van der Waals surface area contributed by atoms with E-state index in [1.54, 1.807) is 0 Å². The van der Waals surface area contributed by atoms with Crippen molar-refractivity contribution >= 4 is 9.84 Å². The molecular formula is C13H16F3NO2S. The van der Waals surface area contributed by atoms with Crippen LogP contribution in [0, 0.1) is 5.41 Å². The fourth-order valence-corrected chi connectivity index (χ4v) is 4.79. The lowest BCUT2D eigenvalue weighted by atomic mass is 9.81. The molecule has 2 rings (SSSR count). The maximum atomic E-state index is 12.5. The number of benzene rings is 1. The normalized spacial score (nSPS) is 25.8. The third kappa shape index (κ3) is 3.32. The summed E-state index contributed by atoms with van der Waals surface area (Å²) in [4.78, 5) is 0. The Kier molecular flexibility index (Phi) is 3.85. The topological polar surface area (TPSA) is 60.2 Å². The highest BCUT2D eigenvalue weighted by molar-refractivity contribution is 7.91. The summed E-state index contributed by atoms with van der Waals surface area (Å²) in [6, 6.07) is 4.82. The number of rotatable bonds is 3. The van der Waals surface area contributed by atoms with E-state index in [2.05, 4.69) is 0 Å². The number of sulfone groups is 1. The maximum absolute atomic E-state index is 12.5. The average Bonchev–Trinajstić information content (AvgIpc) is 2.65. The Bertz CT molecular complexity index is 581. The van der Waals surface area contributed by atoms with E-state index in [-0.39, 0.29) is 18.1 Å². The van der Waals surface area contributed by atoms with Crippen LogP contribution >= 0.6 is 0 Å². The van der Waals surface area contributed by atoms with Crippen molar-refractivity contribution in [1.29, 1.82) is 0 Å². The molecule has 0 bridgehead atoms. The largest absolute Gasteiger partial charge is 0.416 e. The van der Waals surface area contributed by atoms with Crippen LogP contribution in [0.1, 0.15) is 17.5 Å². The van der Waals surface area contributed by atoms with E-state index in [0.29, 0.717) is 18.4 Å². The summed E-state index contributed by atoms with van der Waals surface area (Å²) >= 11 is 0. The Balaban J connectivity index is 2.17. The molecule has 2 N–H and O–H groups in total. The highest BCUT2D eigenvalue weighted by Crippen LogP contribution is 2.36. The van der Waals surface area contributed by atoms with E-state index >= 15 is 0 Å². The minimum atomic E-state index is -4.36. The first-order valence-corrected chi connectivity index (χ1v) is 8.05. The van der Waals surface area contributed by atoms with Gasteiger partial charge in [0.25, 0.3) is 0 Å². The smallest absolute Gasteiger partial charge is 0.330 e. The lowest BCUT2D eigenvalue weighted by molar-refractivity contribution is -0.137. The zero-order valence-electron chi connectivity index (χ0n) is 10.8. The second-order valence-corrected chi connectivity index (χ2v) is 7.60. The summed E-state index contributed by atoms with van der Waals surface area (Å²) in [6.45, 7) is 0.216. The minimum absolute atomic E-state index is 0.0114. The van der Waals surface area contributed by atoms with Gasteiger partial charge in [-0.2, -0.15) is 13.2 Å². The van der Waals surface area contributed by atoms with Gasteiger partial charge in [-0.1, -0.05) is 12.1 Å². The molecule has 7 heteroatoms. The number of alkyl halides is 3. The summed E-state index contributed by atoms with van der Waals surface area (Å²) in [5.74, 6) is 0.113. The average molecular weight is 307 g/mol. The number of nitrogens with two attached hydrogens (primary N) is 1. The molecule has 1 fully saturated rings. The molecule has 0 saturated carbocycles. The van der Waals surface area contributed by atoms with Crippen molar-refractivity contribution in [2.75, 3.05) is 18.1 Å². The monoisotopic (exact) mass is 307 g/mol. The first kappa shape index (κ1) is 15.3. The van der Waals surface area contributed by atoms with E-state index in [1.165, 1.54) is 12.1 Å². The van der Waals surface area contributed by atoms with Crippen LogP contribution in [0.4, 0.5) is 13.2 Å². The second kappa shape index (κ2) is 5.04. The van der Waals surface area contributed by atoms with Crippen LogP contribution in [-0.4, -0.2) is 26.5 Å². The van der Waals surface area contributed by atoms with Crippen LogP contribution in [0.5, 0.6) is 0 Å². The molecule has 1 aliphatic heterocycles. The lowest BCUT2D eigenvalue weighted by Gasteiger charge is -2.25. The third-order valence-electron chi connectivity index (χ3n) is 3.76. The summed E-state index contributed by atoms with van der Waals surface area (Å²) in [7, 11) is -3.08. The van der Waals surface area contributed by atoms with Crippen LogP contribution in [0.3, 0.4) is 0 Å². The summed E-state index contributed by atoms with van der Waals surface area (Å²) in [5, 5.41) is 0. The highest BCUT2D eigenvalue weighted by Gasteiger charge is 2.41. The Morgan fingerprint density at radius 3 is 2.20 bits per heavy atom. The highest BCUT2D eigenvalue weighted by atomic mass is 32.2. The lowest BCUT2D eigenvalue weighted by Crippen LogP contribution is -2.34. The summed E-state index contributed by atoms with van der Waals surface area (Å²) < 4.78 is 60.6. The molecule has 3 nitrogen and oxygen atoms in total. The van der Waals surface area contributed by atoms with Gasteiger partial charge in [0, 0.05) is 5.41 Å². The van der Waals surface area contributed by atoms with Crippen molar-refractivity contribution in [3.63, 3.8) is 0 Å². The van der Waals surface area contributed by atoms with Gasteiger partial charge < -0.3 is 5.73 Å². The molecule has 0 amide bonds. The van der Waals surface area contributed by atoms with E-state index in [4.69, 9.17) is 5.73 Å². The summed E-state index contributed by atoms with van der Waals surface area (Å²) in [6.07, 6.45) is -3.51. The first-order chi connectivity index (χ1) is 9.16. The van der Waals surface area contributed by atoms with Gasteiger partial charge in [-0.05, 0) is 37.1 Å². The van der Waals surface area contributed by atoms with Crippen molar-refractivity contribution in [1.82, 2.24) is 0 Å². The Morgan fingerprint density at radius 1 is 1.20 bits per heavy atom. The van der Waals surface area contributed by atoms with Crippen molar-refractivity contribution < 1.29 is 21.6 Å². The predicted molar refractivity (Wildman–Crippen MR) is 69.9 cm³/mol. The molecular weight excluding hydrogens is 291 g/mol. The van der Waals surface area contributed by atoms with Crippen molar-refractivity contribution in [2.24, 2.45) is 11.1 Å². The van der Waals surface area contributed by atoms with E-state index in [1.807, 2.05) is 0 Å². The molecule has 20 heavy (non-hydrogen) atoms. The molecule has 1 aromatic rings. The van der Waals surface area contributed by atoms with Crippen LogP contribution in [0.25, 0.3) is 0 Å². The van der Waals surface area contributed by atoms with Gasteiger partial charge in [0.2, 0.25) is 0 Å². The van der Waals surface area contributed by atoms with Gasteiger partial charge in [0.05, 0.1) is 17.1 Å². The molecule has 0 spiro atoms. The maximum Gasteiger partial charge on any atom is 0.416 e. The number of halogens is 3. The zero-order valence-corrected chi connectivity index (χ0v) is 11.6. The van der Waals surface area contributed by atoms with Crippen LogP contribution in [-0.2, 0) is 22.4 Å². The SMILES string of the molecule is NCC1(Cc2ccc(C(F)(F)F)cc2)CCS(=O)(=O)C1. The van der Waals surface area contributed by atoms with Crippen molar-refractivity contribution in [3.8, 4) is 0 Å². The molecule has 1 unspecified atom stereocenters. The van der Waals surface area contributed by atoms with Gasteiger partial charge in [-0.3, -0.25) is 0 Å². The van der Waals surface area contributed by atoms with Crippen LogP contribution in [0.2, 0.25) is 0 Å². The van der Waals surface area contributed by atoms with Gasteiger partial charge in [-0.25, -0.2) is 8.42 Å². The molecule has 1 atom stereocenters. The fourth-order valence-electron chi connectivity index (χ4n) is 2.60. The van der Waals surface area contributed by atoms with E-state index in [9.17, 15) is 21.6 Å². The zero-order chi connectivity index (χ0) is 15.0. The Hall–Kier alpha value is -1.08. The van der Waals surface area contributed by atoms with Gasteiger partial charge in [0.15, 0.2) is 9.84 Å². The molecule has 1 saturated heterocycles. The molecule has 0 radical (unpaired) electrons. The van der Waals surface area contributed by atoms with E-state index in [0.717, 1.165) is 12.1 Å². The van der Waals surface area contributed by atoms with Crippen LogP contribution < -0.4 is 5.73 Å². The third-order valence-corrected chi connectivity index (χ3v) is 5.64. The molecule has 0 aromatic heterocycles. The quantitative estimate of drug-likeness (QED) is 0.929. The minimum Gasteiger partial charge on any atom is -0.330 e. The molecule has 0 aliphatic carbocycles. The van der Waals surface area contributed by atoms with Gasteiger partial charge >= 0.3 is 6.18 Å². The number of hydrogen-bond acceptors (Lipinski definition) is 3. The van der Waals surface area contributed by atoms with Gasteiger partial charge in [0.1, 0.15) is 0 Å². The Morgan fingerprint density at radius 2 is 1.80 bits per heavy atom. The second-order valence-electron chi connectivity index (χ2n) is 5.42. The van der Waals surface area contributed by atoms with Gasteiger partial charge in [-0.15, -0.1) is 0 Å². The predicted octanol–water partition coefficient (Wildman–Crippen LogP) is 2.01. The number of hydrogen-bond donors (Lipinski definition) is 1. The fraction of sp³-hybridized carbons (Fsp3) is 0.538. The molecule has 1 heterocycles. The summed E-state index contributed by atoms with van der Waals surface area (Å²) in [5.41, 5.74) is 5.12. The molecule has 112 valence electrons. The van der Waals surface area contributed by atoms with Crippen LogP contribution in [0.15, 0.2) is 24.3 Å². The Labute approximate surface area is 115 Å². The standard InChI is InChI=1S/C13H16F3NO2S/c14-13(15,16)11-3-1-10(2-4-11)7-12(8-17)5-6-20(18,19)9-12/h1-4H,5-9,17H2. The first-order valence-electron chi connectivity index (χ1n) is 6.23. The van der Waals surface area contributed by atoms with Crippen molar-refractivity contribution in [3.05, 3.63) is 35.4 Å². The molecule has 1 aromatic carbocycles. The van der Waals surface area contributed by atoms with E-state index < -0.39 is 27.0 Å². The van der Waals surface area contributed by atoms with Crippen molar-refractivity contribution in [2.45, 2.75) is 19.0 Å².